The molecule has 1 aliphatic rings. The second-order valence-electron chi connectivity index (χ2n) is 4.67. The summed E-state index contributed by atoms with van der Waals surface area (Å²) in [6, 6.07) is 6.68. The molecule has 0 atom stereocenters. The fraction of sp³-hybridized carbons (Fsp3) is 0.500. The molecule has 1 heterocycles. The van der Waals surface area contributed by atoms with Crippen molar-refractivity contribution in [2.75, 3.05) is 5.32 Å². The summed E-state index contributed by atoms with van der Waals surface area (Å²) < 4.78 is 0. The first-order valence-electron chi connectivity index (χ1n) is 4.95. The standard InChI is InChI=1S/C12H17N/c1-9-4-5-10-6-7-12(2,3)13-11(10)8-9/h4-5,8,13H,6-7H2,1-3H3. The molecule has 0 spiro atoms. The van der Waals surface area contributed by atoms with E-state index in [1.54, 1.807) is 0 Å². The highest BCUT2D eigenvalue weighted by Crippen LogP contribution is 2.30. The van der Waals surface area contributed by atoms with Crippen LogP contribution in [0.1, 0.15) is 31.4 Å². The number of hydrogen-bond acceptors (Lipinski definition) is 1. The zero-order chi connectivity index (χ0) is 9.47. The Hall–Kier alpha value is -0.980. The van der Waals surface area contributed by atoms with Crippen molar-refractivity contribution in [3.63, 3.8) is 0 Å². The van der Waals surface area contributed by atoms with Gasteiger partial charge in [0, 0.05) is 11.2 Å². The molecule has 1 N–H and O–H groups in total. The zero-order valence-electron chi connectivity index (χ0n) is 8.65. The van der Waals surface area contributed by atoms with Crippen LogP contribution in [-0.4, -0.2) is 5.54 Å². The van der Waals surface area contributed by atoms with Crippen molar-refractivity contribution < 1.29 is 0 Å². The highest BCUT2D eigenvalue weighted by molar-refractivity contribution is 5.56. The van der Waals surface area contributed by atoms with Crippen LogP contribution in [0.4, 0.5) is 5.69 Å². The van der Waals surface area contributed by atoms with E-state index in [0.717, 1.165) is 0 Å². The smallest absolute Gasteiger partial charge is 0.0379 e. The summed E-state index contributed by atoms with van der Waals surface area (Å²) >= 11 is 0. The average molecular weight is 175 g/mol. The summed E-state index contributed by atoms with van der Waals surface area (Å²) in [4.78, 5) is 0. The Kier molecular flexibility index (Phi) is 1.83. The lowest BCUT2D eigenvalue weighted by Crippen LogP contribution is -2.35. The predicted octanol–water partition coefficient (Wildman–Crippen LogP) is 3.13. The van der Waals surface area contributed by atoms with Gasteiger partial charge in [0.2, 0.25) is 0 Å². The van der Waals surface area contributed by atoms with E-state index in [9.17, 15) is 0 Å². The van der Waals surface area contributed by atoms with Gasteiger partial charge in [0.1, 0.15) is 0 Å². The van der Waals surface area contributed by atoms with Crippen molar-refractivity contribution in [3.05, 3.63) is 29.3 Å². The average Bonchev–Trinajstić information content (AvgIpc) is 2.01. The van der Waals surface area contributed by atoms with Crippen LogP contribution in [0, 0.1) is 6.92 Å². The molecule has 1 aliphatic heterocycles. The van der Waals surface area contributed by atoms with Gasteiger partial charge < -0.3 is 5.32 Å². The molecule has 0 unspecified atom stereocenters. The maximum Gasteiger partial charge on any atom is 0.0379 e. The number of nitrogens with one attached hydrogen (secondary N) is 1. The fourth-order valence-corrected chi connectivity index (χ4v) is 1.90. The minimum atomic E-state index is 0.265. The summed E-state index contributed by atoms with van der Waals surface area (Å²) in [5.41, 5.74) is 4.39. The van der Waals surface area contributed by atoms with Crippen LogP contribution in [0.3, 0.4) is 0 Å². The number of anilines is 1. The first-order valence-corrected chi connectivity index (χ1v) is 4.95. The number of benzene rings is 1. The van der Waals surface area contributed by atoms with Crippen molar-refractivity contribution in [1.82, 2.24) is 0 Å². The summed E-state index contributed by atoms with van der Waals surface area (Å²) in [7, 11) is 0. The SMILES string of the molecule is Cc1ccc2c(c1)NC(C)(C)CC2. The molecule has 2 rings (SSSR count). The number of hydrogen-bond donors (Lipinski definition) is 1. The maximum atomic E-state index is 3.58. The summed E-state index contributed by atoms with van der Waals surface area (Å²) in [5.74, 6) is 0. The number of rotatable bonds is 0. The van der Waals surface area contributed by atoms with Crippen LogP contribution in [0.25, 0.3) is 0 Å². The van der Waals surface area contributed by atoms with Crippen LogP contribution in [0.15, 0.2) is 18.2 Å². The fourth-order valence-electron chi connectivity index (χ4n) is 1.90. The summed E-state index contributed by atoms with van der Waals surface area (Å²) in [6.07, 6.45) is 2.43. The molecule has 13 heavy (non-hydrogen) atoms. The quantitative estimate of drug-likeness (QED) is 0.638. The van der Waals surface area contributed by atoms with Gasteiger partial charge in [-0.1, -0.05) is 12.1 Å². The van der Waals surface area contributed by atoms with E-state index in [2.05, 4.69) is 44.3 Å². The maximum absolute atomic E-state index is 3.58. The van der Waals surface area contributed by atoms with Gasteiger partial charge in [-0.3, -0.25) is 0 Å². The van der Waals surface area contributed by atoms with Gasteiger partial charge in [0.25, 0.3) is 0 Å². The third kappa shape index (κ3) is 1.69. The first-order chi connectivity index (χ1) is 6.07. The van der Waals surface area contributed by atoms with Gasteiger partial charge in [-0.25, -0.2) is 0 Å². The van der Waals surface area contributed by atoms with Gasteiger partial charge in [-0.15, -0.1) is 0 Å². The predicted molar refractivity (Wildman–Crippen MR) is 57.2 cm³/mol. The van der Waals surface area contributed by atoms with Crippen molar-refractivity contribution >= 4 is 5.69 Å². The Balaban J connectivity index is 2.38. The number of aryl methyl sites for hydroxylation is 2. The van der Waals surface area contributed by atoms with Crippen molar-refractivity contribution in [2.45, 2.75) is 39.2 Å². The van der Waals surface area contributed by atoms with Crippen LogP contribution in [0.2, 0.25) is 0 Å². The minimum absolute atomic E-state index is 0.265. The molecule has 0 radical (unpaired) electrons. The second-order valence-corrected chi connectivity index (χ2v) is 4.67. The molecule has 1 aromatic rings. The summed E-state index contributed by atoms with van der Waals surface area (Å²) in [5, 5.41) is 3.58. The van der Waals surface area contributed by atoms with Crippen LogP contribution < -0.4 is 5.32 Å². The summed E-state index contributed by atoms with van der Waals surface area (Å²) in [6.45, 7) is 6.67. The molecule has 1 nitrogen and oxygen atoms in total. The van der Waals surface area contributed by atoms with Gasteiger partial charge in [-0.05, 0) is 50.8 Å². The van der Waals surface area contributed by atoms with Crippen molar-refractivity contribution in [1.29, 1.82) is 0 Å². The molecule has 0 amide bonds. The Morgan fingerprint density at radius 1 is 1.31 bits per heavy atom. The molecule has 0 bridgehead atoms. The topological polar surface area (TPSA) is 12.0 Å². The van der Waals surface area contributed by atoms with Gasteiger partial charge in [0.15, 0.2) is 0 Å². The molecule has 1 aromatic carbocycles. The highest BCUT2D eigenvalue weighted by atomic mass is 15.0. The number of fused-ring (bicyclic) bond motifs is 1. The van der Waals surface area contributed by atoms with E-state index in [1.165, 1.54) is 29.7 Å². The molecule has 0 aromatic heterocycles. The van der Waals surface area contributed by atoms with E-state index in [-0.39, 0.29) is 5.54 Å². The Bertz CT molecular complexity index is 326. The Morgan fingerprint density at radius 2 is 2.08 bits per heavy atom. The second kappa shape index (κ2) is 2.76. The molecule has 1 heteroatoms. The van der Waals surface area contributed by atoms with Gasteiger partial charge in [-0.2, -0.15) is 0 Å². The monoisotopic (exact) mass is 175 g/mol. The van der Waals surface area contributed by atoms with Gasteiger partial charge >= 0.3 is 0 Å². The van der Waals surface area contributed by atoms with Gasteiger partial charge in [0.05, 0.1) is 0 Å². The van der Waals surface area contributed by atoms with E-state index in [4.69, 9.17) is 0 Å². The molecule has 0 saturated carbocycles. The Morgan fingerprint density at radius 3 is 2.85 bits per heavy atom. The van der Waals surface area contributed by atoms with Crippen molar-refractivity contribution in [3.8, 4) is 0 Å². The molecule has 0 fully saturated rings. The van der Waals surface area contributed by atoms with Crippen LogP contribution in [-0.2, 0) is 6.42 Å². The largest absolute Gasteiger partial charge is 0.380 e. The third-order valence-electron chi connectivity index (χ3n) is 2.76. The van der Waals surface area contributed by atoms with Crippen LogP contribution in [0.5, 0.6) is 0 Å². The van der Waals surface area contributed by atoms with E-state index in [1.807, 2.05) is 0 Å². The highest BCUT2D eigenvalue weighted by Gasteiger charge is 2.23. The third-order valence-corrected chi connectivity index (χ3v) is 2.76. The minimum Gasteiger partial charge on any atom is -0.380 e. The normalized spacial score (nSPS) is 19.0. The van der Waals surface area contributed by atoms with E-state index < -0.39 is 0 Å². The van der Waals surface area contributed by atoms with Crippen molar-refractivity contribution in [2.24, 2.45) is 0 Å². The molecule has 0 aliphatic carbocycles. The van der Waals surface area contributed by atoms with Crippen LogP contribution >= 0.6 is 0 Å². The molecular formula is C12H17N. The van der Waals surface area contributed by atoms with E-state index in [0.29, 0.717) is 0 Å². The molecular weight excluding hydrogens is 158 g/mol. The lowest BCUT2D eigenvalue weighted by Gasteiger charge is -2.33. The Labute approximate surface area is 80.2 Å². The zero-order valence-corrected chi connectivity index (χ0v) is 8.65. The molecule has 70 valence electrons. The lowest BCUT2D eigenvalue weighted by molar-refractivity contribution is 0.502. The molecule has 0 saturated heterocycles. The first kappa shape index (κ1) is 8.61. The lowest BCUT2D eigenvalue weighted by atomic mass is 9.89. The van der Waals surface area contributed by atoms with E-state index >= 15 is 0 Å².